The van der Waals surface area contributed by atoms with Gasteiger partial charge in [0.15, 0.2) is 34.6 Å². The van der Waals surface area contributed by atoms with Crippen LogP contribution in [0.25, 0.3) is 10.1 Å². The van der Waals surface area contributed by atoms with Crippen LogP contribution in [0.15, 0.2) is 24.3 Å². The van der Waals surface area contributed by atoms with Crippen LogP contribution < -0.4 is 24.3 Å². The van der Waals surface area contributed by atoms with E-state index < -0.39 is 0 Å². The number of rotatable bonds is 11. The third-order valence-corrected chi connectivity index (χ3v) is 7.80. The molecule has 0 radical (unpaired) electrons. The first-order valence-electron chi connectivity index (χ1n) is 12.0. The summed E-state index contributed by atoms with van der Waals surface area (Å²) in [6, 6.07) is 7.31. The number of esters is 1. The van der Waals surface area contributed by atoms with Crippen LogP contribution in [0.2, 0.25) is 0 Å². The van der Waals surface area contributed by atoms with Gasteiger partial charge in [0.25, 0.3) is 0 Å². The molecular weight excluding hydrogens is 501 g/mol. The molecule has 2 aliphatic rings. The topological polar surface area (TPSA) is 92.3 Å². The zero-order valence-corrected chi connectivity index (χ0v) is 21.7. The largest absolute Gasteiger partial charge is 0.493 e. The summed E-state index contributed by atoms with van der Waals surface area (Å²) in [6.45, 7) is 1.63. The molecule has 1 saturated carbocycles. The first kappa shape index (κ1) is 25.3. The molecule has 2 aromatic carbocycles. The molecule has 0 unspecified atom stereocenters. The molecule has 0 saturated heterocycles. The second-order valence-corrected chi connectivity index (χ2v) is 10.1. The van der Waals surface area contributed by atoms with Gasteiger partial charge in [-0.05, 0) is 35.6 Å². The highest BCUT2D eigenvalue weighted by Gasteiger charge is 2.49. The number of ketones is 1. The van der Waals surface area contributed by atoms with Crippen LogP contribution >= 0.6 is 11.3 Å². The molecule has 1 fully saturated rings. The van der Waals surface area contributed by atoms with Crippen LogP contribution in [0.4, 0.5) is 4.39 Å². The molecule has 1 N–H and O–H groups in total. The molecule has 10 heteroatoms. The molecule has 5 rings (SSSR count). The molecule has 0 spiro atoms. The van der Waals surface area contributed by atoms with Crippen LogP contribution in [0.3, 0.4) is 0 Å². The normalized spacial score (nSPS) is 17.8. The minimum absolute atomic E-state index is 0.0415. The Labute approximate surface area is 217 Å². The predicted octanol–water partition coefficient (Wildman–Crippen LogP) is 4.50. The summed E-state index contributed by atoms with van der Waals surface area (Å²) in [5, 5.41) is 3.99. The highest BCUT2D eigenvalue weighted by molar-refractivity contribution is 7.20. The minimum Gasteiger partial charge on any atom is -0.493 e. The maximum absolute atomic E-state index is 14.9. The van der Waals surface area contributed by atoms with Gasteiger partial charge in [-0.3, -0.25) is 9.59 Å². The Kier molecular flexibility index (Phi) is 7.21. The molecule has 1 aliphatic carbocycles. The Morgan fingerprint density at radius 3 is 2.51 bits per heavy atom. The van der Waals surface area contributed by atoms with Crippen LogP contribution in [-0.4, -0.2) is 46.3 Å². The third-order valence-electron chi connectivity index (χ3n) is 6.69. The number of hydrogen-bond acceptors (Lipinski definition) is 9. The van der Waals surface area contributed by atoms with Crippen molar-refractivity contribution in [1.82, 2.24) is 5.32 Å². The number of nitrogens with one attached hydrogen (secondary N) is 1. The van der Waals surface area contributed by atoms with Crippen molar-refractivity contribution in [3.8, 4) is 23.0 Å². The number of benzene rings is 2. The number of halogens is 1. The van der Waals surface area contributed by atoms with E-state index in [2.05, 4.69) is 5.32 Å². The number of hydrogen-bond donors (Lipinski definition) is 1. The number of Topliss-reactive ketones (excluding diaryl/α,β-unsaturated/α-hetero) is 1. The van der Waals surface area contributed by atoms with Gasteiger partial charge in [0, 0.05) is 41.8 Å². The fraction of sp³-hybridized carbons (Fsp3) is 0.407. The minimum atomic E-state index is -0.390. The molecule has 0 bridgehead atoms. The Balaban J connectivity index is 1.21. The van der Waals surface area contributed by atoms with E-state index in [1.54, 1.807) is 7.11 Å². The smallest absolute Gasteiger partial charge is 0.309 e. The lowest BCUT2D eigenvalue weighted by atomic mass is 10.1. The maximum atomic E-state index is 14.9. The molecule has 8 nitrogen and oxygen atoms in total. The van der Waals surface area contributed by atoms with Crippen molar-refractivity contribution < 1.29 is 37.7 Å². The van der Waals surface area contributed by atoms with E-state index in [9.17, 15) is 14.0 Å². The van der Waals surface area contributed by atoms with Gasteiger partial charge < -0.3 is 29.0 Å². The second-order valence-electron chi connectivity index (χ2n) is 9.00. The fourth-order valence-corrected chi connectivity index (χ4v) is 5.67. The molecular formula is C27H28FNO7S. The van der Waals surface area contributed by atoms with E-state index in [0.717, 1.165) is 15.6 Å². The number of fused-ring (bicyclic) bond motifs is 2. The lowest BCUT2D eigenvalue weighted by Gasteiger charge is -2.15. The van der Waals surface area contributed by atoms with Gasteiger partial charge in [0.1, 0.15) is 0 Å². The van der Waals surface area contributed by atoms with Crippen molar-refractivity contribution in [2.24, 2.45) is 11.8 Å². The van der Waals surface area contributed by atoms with E-state index in [0.29, 0.717) is 60.2 Å². The zero-order chi connectivity index (χ0) is 26.1. The molecule has 0 amide bonds. The Morgan fingerprint density at radius 2 is 1.76 bits per heavy atom. The number of ether oxygens (including phenoxy) is 5. The van der Waals surface area contributed by atoms with Gasteiger partial charge in [-0.15, -0.1) is 11.3 Å². The molecule has 1 aliphatic heterocycles. The summed E-state index contributed by atoms with van der Waals surface area (Å²) >= 11 is 1.37. The second kappa shape index (κ2) is 10.5. The quantitative estimate of drug-likeness (QED) is 0.221. The van der Waals surface area contributed by atoms with Crippen molar-refractivity contribution in [2.45, 2.75) is 25.9 Å². The van der Waals surface area contributed by atoms with E-state index in [4.69, 9.17) is 23.7 Å². The summed E-state index contributed by atoms with van der Waals surface area (Å²) in [4.78, 5) is 25.1. The first-order valence-corrected chi connectivity index (χ1v) is 12.8. The van der Waals surface area contributed by atoms with Crippen LogP contribution in [0, 0.1) is 17.7 Å². The Morgan fingerprint density at radius 1 is 0.973 bits per heavy atom. The van der Waals surface area contributed by atoms with Gasteiger partial charge in [-0.25, -0.2) is 4.39 Å². The van der Waals surface area contributed by atoms with Gasteiger partial charge in [0.05, 0.1) is 45.3 Å². The maximum Gasteiger partial charge on any atom is 0.309 e. The lowest BCUT2D eigenvalue weighted by Crippen LogP contribution is -2.09. The molecule has 3 aromatic rings. The molecule has 196 valence electrons. The van der Waals surface area contributed by atoms with E-state index in [1.807, 2.05) is 24.3 Å². The fourth-order valence-electron chi connectivity index (χ4n) is 4.59. The van der Waals surface area contributed by atoms with E-state index >= 15 is 0 Å². The molecule has 2 heterocycles. The number of carbonyl (C=O) groups is 2. The van der Waals surface area contributed by atoms with Crippen molar-refractivity contribution in [3.63, 3.8) is 0 Å². The predicted molar refractivity (Wildman–Crippen MR) is 135 cm³/mol. The van der Waals surface area contributed by atoms with E-state index in [-0.39, 0.29) is 41.8 Å². The van der Waals surface area contributed by atoms with Crippen LogP contribution in [-0.2, 0) is 22.6 Å². The van der Waals surface area contributed by atoms with E-state index in [1.165, 1.54) is 25.6 Å². The van der Waals surface area contributed by atoms with Crippen LogP contribution in [0.1, 0.15) is 33.6 Å². The number of thiophene rings is 1. The van der Waals surface area contributed by atoms with Gasteiger partial charge in [-0.2, -0.15) is 0 Å². The molecule has 1 aromatic heterocycles. The average Bonchev–Trinajstić information content (AvgIpc) is 3.37. The third kappa shape index (κ3) is 4.95. The van der Waals surface area contributed by atoms with Crippen molar-refractivity contribution in [3.05, 3.63) is 46.1 Å². The summed E-state index contributed by atoms with van der Waals surface area (Å²) in [5.41, 5.74) is 1.49. The standard InChI is InChI=1S/C27H28FNO7S/c1-32-19-11-22-14(9-23(37-22)25(30)16-10-17(16)27(31)34-3)7-20(19)35-5-4-6-36-26-21(33-2)8-15-12-29-13-18(15)24(26)28/h7-9,11,16-17,29H,4-6,10,12-13H2,1-3H3/t16-,17-/m1/s1. The Hall–Kier alpha value is -3.37. The summed E-state index contributed by atoms with van der Waals surface area (Å²) in [6.07, 6.45) is 1.03. The SMILES string of the molecule is COC(=O)[C@@H]1C[C@H]1C(=O)c1cc2cc(OCCCOc3c(OC)cc4c(c3F)CNC4)c(OC)cc2s1. The van der Waals surface area contributed by atoms with Crippen molar-refractivity contribution in [2.75, 3.05) is 34.5 Å². The highest BCUT2D eigenvalue weighted by Crippen LogP contribution is 2.44. The van der Waals surface area contributed by atoms with Crippen molar-refractivity contribution >= 4 is 33.2 Å². The van der Waals surface area contributed by atoms with Gasteiger partial charge in [0.2, 0.25) is 0 Å². The number of methoxy groups -OCH3 is 3. The van der Waals surface area contributed by atoms with Gasteiger partial charge >= 0.3 is 5.97 Å². The molecule has 2 atom stereocenters. The first-order chi connectivity index (χ1) is 17.9. The average molecular weight is 530 g/mol. The lowest BCUT2D eigenvalue weighted by molar-refractivity contribution is -0.142. The highest BCUT2D eigenvalue weighted by atomic mass is 32.1. The zero-order valence-electron chi connectivity index (χ0n) is 20.9. The van der Waals surface area contributed by atoms with Crippen LogP contribution in [0.5, 0.6) is 23.0 Å². The van der Waals surface area contributed by atoms with Gasteiger partial charge in [-0.1, -0.05) is 0 Å². The summed E-state index contributed by atoms with van der Waals surface area (Å²) in [5.74, 6) is 0.146. The molecule has 37 heavy (non-hydrogen) atoms. The van der Waals surface area contributed by atoms with Crippen molar-refractivity contribution in [1.29, 1.82) is 0 Å². The number of carbonyl (C=O) groups excluding carboxylic acids is 2. The Bertz CT molecular complexity index is 1350. The summed E-state index contributed by atoms with van der Waals surface area (Å²) in [7, 11) is 4.38. The summed E-state index contributed by atoms with van der Waals surface area (Å²) < 4.78 is 43.0. The monoisotopic (exact) mass is 529 g/mol.